The lowest BCUT2D eigenvalue weighted by atomic mass is 10.1. The zero-order valence-corrected chi connectivity index (χ0v) is 13.3. The molecule has 5 nitrogen and oxygen atoms in total. The van der Waals surface area contributed by atoms with Crippen LogP contribution in [0.5, 0.6) is 0 Å². The maximum absolute atomic E-state index is 13.9. The summed E-state index contributed by atoms with van der Waals surface area (Å²) in [5.74, 6) is -2.23. The zero-order valence-electron chi connectivity index (χ0n) is 12.5. The van der Waals surface area contributed by atoms with E-state index >= 15 is 0 Å². The first-order valence-electron chi connectivity index (χ1n) is 7.49. The molecule has 0 bridgehead atoms. The van der Waals surface area contributed by atoms with Crippen molar-refractivity contribution in [2.75, 3.05) is 13.1 Å². The summed E-state index contributed by atoms with van der Waals surface area (Å²) in [6, 6.07) is 4.47. The van der Waals surface area contributed by atoms with Gasteiger partial charge >= 0.3 is 5.97 Å². The van der Waals surface area contributed by atoms with Gasteiger partial charge in [0.25, 0.3) is 0 Å². The smallest absolute Gasteiger partial charge is 0.334 e. The maximum Gasteiger partial charge on any atom is 0.334 e. The standard InChI is InChI=1S/C16H17ClFNO4/c1-8-6-19(7-13(23-8)16(21)22)15(20)10-5-9(10)14-11(17)3-2-4-12(14)18/h2-4,8-10,13H,5-7H2,1H3,(H,21,22)/t8-,9?,10?,13?/m1/s1. The van der Waals surface area contributed by atoms with Gasteiger partial charge in [0.15, 0.2) is 6.10 Å². The molecule has 1 aromatic rings. The van der Waals surface area contributed by atoms with Gasteiger partial charge in [-0.15, -0.1) is 0 Å². The molecule has 1 aliphatic heterocycles. The van der Waals surface area contributed by atoms with Gasteiger partial charge in [0.05, 0.1) is 12.6 Å². The van der Waals surface area contributed by atoms with Gasteiger partial charge < -0.3 is 14.7 Å². The Labute approximate surface area is 138 Å². The van der Waals surface area contributed by atoms with Crippen molar-refractivity contribution < 1.29 is 23.8 Å². The second-order valence-corrected chi connectivity index (χ2v) is 6.51. The van der Waals surface area contributed by atoms with E-state index in [-0.39, 0.29) is 30.4 Å². The Bertz CT molecular complexity index is 633. The monoisotopic (exact) mass is 341 g/mol. The van der Waals surface area contributed by atoms with Gasteiger partial charge in [0.2, 0.25) is 5.91 Å². The van der Waals surface area contributed by atoms with E-state index in [1.165, 1.54) is 17.0 Å². The third-order valence-electron chi connectivity index (χ3n) is 4.33. The summed E-state index contributed by atoms with van der Waals surface area (Å²) in [7, 11) is 0. The molecular formula is C16H17ClFNO4. The van der Waals surface area contributed by atoms with Crippen molar-refractivity contribution in [1.29, 1.82) is 0 Å². The lowest BCUT2D eigenvalue weighted by molar-refractivity contribution is -0.167. The Morgan fingerprint density at radius 1 is 1.39 bits per heavy atom. The molecule has 3 rings (SSSR count). The Kier molecular flexibility index (Phi) is 4.29. The number of rotatable bonds is 3. The molecular weight excluding hydrogens is 325 g/mol. The topological polar surface area (TPSA) is 66.8 Å². The van der Waals surface area contributed by atoms with E-state index in [2.05, 4.69) is 0 Å². The predicted octanol–water partition coefficient (Wildman–Crippen LogP) is 2.28. The molecule has 1 saturated heterocycles. The van der Waals surface area contributed by atoms with Crippen LogP contribution in [0.3, 0.4) is 0 Å². The Hall–Kier alpha value is -1.66. The van der Waals surface area contributed by atoms with Crippen LogP contribution < -0.4 is 0 Å². The SMILES string of the molecule is C[C@@H]1CN(C(=O)C2CC2c2c(F)cccc2Cl)CC(C(=O)O)O1. The number of amides is 1. The normalized spacial score (nSPS) is 30.1. The lowest BCUT2D eigenvalue weighted by Crippen LogP contribution is -2.52. The summed E-state index contributed by atoms with van der Waals surface area (Å²) in [4.78, 5) is 25.2. The summed E-state index contributed by atoms with van der Waals surface area (Å²) in [6.45, 7) is 2.09. The van der Waals surface area contributed by atoms with Crippen molar-refractivity contribution >= 4 is 23.5 Å². The molecule has 0 aromatic heterocycles. The average Bonchev–Trinajstić information content (AvgIpc) is 3.25. The number of hydrogen-bond acceptors (Lipinski definition) is 3. The lowest BCUT2D eigenvalue weighted by Gasteiger charge is -2.35. The van der Waals surface area contributed by atoms with Crippen LogP contribution in [0.25, 0.3) is 0 Å². The van der Waals surface area contributed by atoms with Crippen LogP contribution in [0.4, 0.5) is 4.39 Å². The fourth-order valence-electron chi connectivity index (χ4n) is 3.15. The van der Waals surface area contributed by atoms with E-state index in [1.54, 1.807) is 13.0 Å². The summed E-state index contributed by atoms with van der Waals surface area (Å²) in [5.41, 5.74) is 0.378. The molecule has 0 radical (unpaired) electrons. The Morgan fingerprint density at radius 3 is 2.78 bits per heavy atom. The number of carbonyl (C=O) groups excluding carboxylic acids is 1. The van der Waals surface area contributed by atoms with Crippen molar-refractivity contribution in [3.63, 3.8) is 0 Å². The quantitative estimate of drug-likeness (QED) is 0.916. The molecule has 1 heterocycles. The molecule has 0 spiro atoms. The Morgan fingerprint density at radius 2 is 2.13 bits per heavy atom. The van der Waals surface area contributed by atoms with E-state index in [4.69, 9.17) is 21.4 Å². The van der Waals surface area contributed by atoms with E-state index in [1.807, 2.05) is 0 Å². The van der Waals surface area contributed by atoms with Gasteiger partial charge in [-0.3, -0.25) is 4.79 Å². The van der Waals surface area contributed by atoms with E-state index in [9.17, 15) is 14.0 Å². The van der Waals surface area contributed by atoms with E-state index < -0.39 is 17.9 Å². The number of halogens is 2. The Balaban J connectivity index is 1.72. The van der Waals surface area contributed by atoms with Gasteiger partial charge in [-0.25, -0.2) is 9.18 Å². The number of morpholine rings is 1. The number of hydrogen-bond donors (Lipinski definition) is 1. The van der Waals surface area contributed by atoms with E-state index in [0.717, 1.165) is 0 Å². The van der Waals surface area contributed by atoms with Crippen molar-refractivity contribution in [2.24, 2.45) is 5.92 Å². The van der Waals surface area contributed by atoms with Gasteiger partial charge in [-0.05, 0) is 25.5 Å². The molecule has 1 N–H and O–H groups in total. The molecule has 2 fully saturated rings. The van der Waals surface area contributed by atoms with Crippen LogP contribution in [-0.2, 0) is 14.3 Å². The van der Waals surface area contributed by atoms with Crippen molar-refractivity contribution in [3.05, 3.63) is 34.6 Å². The van der Waals surface area contributed by atoms with Crippen molar-refractivity contribution in [2.45, 2.75) is 31.5 Å². The molecule has 1 saturated carbocycles. The first-order chi connectivity index (χ1) is 10.9. The summed E-state index contributed by atoms with van der Waals surface area (Å²) in [6.07, 6.45) is -0.830. The second-order valence-electron chi connectivity index (χ2n) is 6.10. The summed E-state index contributed by atoms with van der Waals surface area (Å²) >= 11 is 6.05. The highest BCUT2D eigenvalue weighted by Gasteiger charge is 2.49. The zero-order chi connectivity index (χ0) is 16.7. The third kappa shape index (κ3) is 3.19. The molecule has 1 aromatic carbocycles. The van der Waals surface area contributed by atoms with Crippen LogP contribution in [-0.4, -0.2) is 47.2 Å². The molecule has 3 unspecified atom stereocenters. The maximum atomic E-state index is 13.9. The summed E-state index contributed by atoms with van der Waals surface area (Å²) in [5, 5.41) is 9.41. The highest BCUT2D eigenvalue weighted by atomic mass is 35.5. The van der Waals surface area contributed by atoms with Gasteiger partial charge in [0.1, 0.15) is 5.82 Å². The van der Waals surface area contributed by atoms with Crippen molar-refractivity contribution in [3.8, 4) is 0 Å². The third-order valence-corrected chi connectivity index (χ3v) is 4.66. The average molecular weight is 342 g/mol. The molecule has 1 amide bonds. The minimum atomic E-state index is -1.08. The van der Waals surface area contributed by atoms with Crippen LogP contribution in [0.2, 0.25) is 5.02 Å². The summed E-state index contributed by atoms with van der Waals surface area (Å²) < 4.78 is 19.2. The molecule has 4 atom stereocenters. The molecule has 124 valence electrons. The number of aliphatic carboxylic acids is 1. The predicted molar refractivity (Wildman–Crippen MR) is 80.8 cm³/mol. The number of benzene rings is 1. The van der Waals surface area contributed by atoms with Crippen LogP contribution in [0.15, 0.2) is 18.2 Å². The number of carboxylic acids is 1. The van der Waals surface area contributed by atoms with Crippen LogP contribution in [0.1, 0.15) is 24.8 Å². The van der Waals surface area contributed by atoms with Crippen LogP contribution >= 0.6 is 11.6 Å². The largest absolute Gasteiger partial charge is 0.479 e. The molecule has 1 aliphatic carbocycles. The fraction of sp³-hybridized carbons (Fsp3) is 0.500. The molecule has 2 aliphatic rings. The first kappa shape index (κ1) is 16.2. The molecule has 7 heteroatoms. The minimum Gasteiger partial charge on any atom is -0.479 e. The van der Waals surface area contributed by atoms with Gasteiger partial charge in [-0.2, -0.15) is 0 Å². The first-order valence-corrected chi connectivity index (χ1v) is 7.87. The highest BCUT2D eigenvalue weighted by Crippen LogP contribution is 2.51. The minimum absolute atomic E-state index is 0.0206. The number of nitrogens with zero attached hydrogens (tertiary/aromatic N) is 1. The number of ether oxygens (including phenoxy) is 1. The van der Waals surface area contributed by atoms with Crippen LogP contribution in [0, 0.1) is 11.7 Å². The highest BCUT2D eigenvalue weighted by molar-refractivity contribution is 6.31. The van der Waals surface area contributed by atoms with Gasteiger partial charge in [0, 0.05) is 29.0 Å². The molecule has 23 heavy (non-hydrogen) atoms. The second kappa shape index (κ2) is 6.09. The van der Waals surface area contributed by atoms with Crippen molar-refractivity contribution in [1.82, 2.24) is 4.90 Å². The fourth-order valence-corrected chi connectivity index (χ4v) is 3.46. The van der Waals surface area contributed by atoms with Gasteiger partial charge in [-0.1, -0.05) is 17.7 Å². The number of carboxylic acid groups (broad SMARTS) is 1. The van der Waals surface area contributed by atoms with E-state index in [0.29, 0.717) is 23.6 Å². The number of carbonyl (C=O) groups is 2.